The van der Waals surface area contributed by atoms with E-state index in [1.807, 2.05) is 31.2 Å². The first-order valence-electron chi connectivity index (χ1n) is 8.02. The van der Waals surface area contributed by atoms with Crippen molar-refractivity contribution in [3.05, 3.63) is 24.3 Å². The fourth-order valence-corrected chi connectivity index (χ4v) is 2.85. The Hall–Kier alpha value is -1.26. The Balaban J connectivity index is 1.75. The van der Waals surface area contributed by atoms with Crippen LogP contribution >= 0.6 is 0 Å². The Bertz CT molecular complexity index is 408. The molecule has 1 fully saturated rings. The standard InChI is InChI=1S/C17H28N2O2/c1-3-20-16-6-8-17(9-7-16)21-11-10-19-13-15(12-18)5-4-14(19)2/h6-9,14-15H,3-5,10-13,18H2,1-2H3. The van der Waals surface area contributed by atoms with Gasteiger partial charge in [0.15, 0.2) is 0 Å². The molecule has 0 amide bonds. The molecule has 118 valence electrons. The summed E-state index contributed by atoms with van der Waals surface area (Å²) in [5.74, 6) is 2.44. The van der Waals surface area contributed by atoms with Crippen LogP contribution in [0.4, 0.5) is 0 Å². The maximum atomic E-state index is 5.83. The first-order valence-corrected chi connectivity index (χ1v) is 8.02. The maximum Gasteiger partial charge on any atom is 0.119 e. The molecule has 0 saturated carbocycles. The normalized spacial score (nSPS) is 23.0. The fraction of sp³-hybridized carbons (Fsp3) is 0.647. The lowest BCUT2D eigenvalue weighted by Gasteiger charge is -2.37. The number of nitrogens with zero attached hydrogens (tertiary/aromatic N) is 1. The lowest BCUT2D eigenvalue weighted by molar-refractivity contribution is 0.102. The molecular formula is C17H28N2O2. The van der Waals surface area contributed by atoms with E-state index < -0.39 is 0 Å². The van der Waals surface area contributed by atoms with Gasteiger partial charge in [-0.2, -0.15) is 0 Å². The van der Waals surface area contributed by atoms with E-state index in [1.54, 1.807) is 0 Å². The molecule has 21 heavy (non-hydrogen) atoms. The molecular weight excluding hydrogens is 264 g/mol. The molecule has 1 aliphatic heterocycles. The van der Waals surface area contributed by atoms with E-state index in [-0.39, 0.29) is 0 Å². The summed E-state index contributed by atoms with van der Waals surface area (Å²) in [6, 6.07) is 8.47. The molecule has 0 spiro atoms. The topological polar surface area (TPSA) is 47.7 Å². The summed E-state index contributed by atoms with van der Waals surface area (Å²) in [6.07, 6.45) is 2.50. The van der Waals surface area contributed by atoms with E-state index in [4.69, 9.17) is 15.2 Å². The van der Waals surface area contributed by atoms with Crippen LogP contribution in [-0.2, 0) is 0 Å². The molecule has 2 N–H and O–H groups in total. The highest BCUT2D eigenvalue weighted by molar-refractivity contribution is 5.31. The van der Waals surface area contributed by atoms with Gasteiger partial charge < -0.3 is 15.2 Å². The molecule has 1 aromatic carbocycles. The fourth-order valence-electron chi connectivity index (χ4n) is 2.85. The number of nitrogens with two attached hydrogens (primary N) is 1. The van der Waals surface area contributed by atoms with Crippen molar-refractivity contribution in [2.45, 2.75) is 32.7 Å². The Morgan fingerprint density at radius 2 is 1.81 bits per heavy atom. The van der Waals surface area contributed by atoms with Gasteiger partial charge in [0, 0.05) is 19.1 Å². The Morgan fingerprint density at radius 1 is 1.14 bits per heavy atom. The van der Waals surface area contributed by atoms with Crippen LogP contribution in [0.5, 0.6) is 11.5 Å². The highest BCUT2D eigenvalue weighted by Crippen LogP contribution is 2.21. The average Bonchev–Trinajstić information content (AvgIpc) is 2.51. The molecule has 0 aliphatic carbocycles. The summed E-state index contributed by atoms with van der Waals surface area (Å²) in [5.41, 5.74) is 5.80. The summed E-state index contributed by atoms with van der Waals surface area (Å²) in [6.45, 7) is 8.55. The van der Waals surface area contributed by atoms with Crippen molar-refractivity contribution in [2.24, 2.45) is 11.7 Å². The van der Waals surface area contributed by atoms with Crippen LogP contribution in [-0.4, -0.2) is 43.8 Å². The van der Waals surface area contributed by atoms with Crippen LogP contribution in [0.1, 0.15) is 26.7 Å². The monoisotopic (exact) mass is 292 g/mol. The second-order valence-electron chi connectivity index (χ2n) is 5.78. The number of hydrogen-bond donors (Lipinski definition) is 1. The minimum absolute atomic E-state index is 0.636. The molecule has 1 aromatic rings. The van der Waals surface area contributed by atoms with Gasteiger partial charge in [0.2, 0.25) is 0 Å². The third kappa shape index (κ3) is 4.90. The van der Waals surface area contributed by atoms with E-state index in [0.29, 0.717) is 18.6 Å². The van der Waals surface area contributed by atoms with Crippen molar-refractivity contribution in [2.75, 3.05) is 32.8 Å². The minimum Gasteiger partial charge on any atom is -0.494 e. The number of hydrogen-bond acceptors (Lipinski definition) is 4. The second-order valence-corrected chi connectivity index (χ2v) is 5.78. The van der Waals surface area contributed by atoms with Gasteiger partial charge in [0.05, 0.1) is 6.61 Å². The molecule has 1 heterocycles. The molecule has 2 rings (SSSR count). The summed E-state index contributed by atoms with van der Waals surface area (Å²) in [7, 11) is 0. The van der Waals surface area contributed by atoms with Crippen molar-refractivity contribution < 1.29 is 9.47 Å². The Morgan fingerprint density at radius 3 is 2.43 bits per heavy atom. The minimum atomic E-state index is 0.636. The average molecular weight is 292 g/mol. The zero-order chi connectivity index (χ0) is 15.1. The maximum absolute atomic E-state index is 5.83. The largest absolute Gasteiger partial charge is 0.494 e. The van der Waals surface area contributed by atoms with E-state index in [9.17, 15) is 0 Å². The molecule has 2 unspecified atom stereocenters. The number of piperidine rings is 1. The first-order chi connectivity index (χ1) is 10.2. The summed E-state index contributed by atoms with van der Waals surface area (Å²) in [4.78, 5) is 2.50. The SMILES string of the molecule is CCOc1ccc(OCCN2CC(CN)CCC2C)cc1. The van der Waals surface area contributed by atoms with E-state index in [2.05, 4.69) is 11.8 Å². The van der Waals surface area contributed by atoms with Crippen LogP contribution in [0, 0.1) is 5.92 Å². The number of rotatable bonds is 7. The highest BCUT2D eigenvalue weighted by Gasteiger charge is 2.24. The highest BCUT2D eigenvalue weighted by atomic mass is 16.5. The summed E-state index contributed by atoms with van der Waals surface area (Å²) < 4.78 is 11.3. The van der Waals surface area contributed by atoms with Crippen LogP contribution in [0.25, 0.3) is 0 Å². The Kier molecular flexibility index (Phi) is 6.33. The van der Waals surface area contributed by atoms with Crippen LogP contribution in [0.2, 0.25) is 0 Å². The molecule has 1 saturated heterocycles. The van der Waals surface area contributed by atoms with Gasteiger partial charge in [-0.3, -0.25) is 4.90 Å². The van der Waals surface area contributed by atoms with Crippen molar-refractivity contribution in [3.63, 3.8) is 0 Å². The van der Waals surface area contributed by atoms with E-state index in [1.165, 1.54) is 12.8 Å². The second kappa shape index (κ2) is 8.25. The third-order valence-corrected chi connectivity index (χ3v) is 4.22. The quantitative estimate of drug-likeness (QED) is 0.839. The van der Waals surface area contributed by atoms with E-state index >= 15 is 0 Å². The lowest BCUT2D eigenvalue weighted by Crippen LogP contribution is -2.45. The molecule has 4 heteroatoms. The van der Waals surface area contributed by atoms with Gasteiger partial charge in [-0.1, -0.05) is 0 Å². The molecule has 0 bridgehead atoms. The molecule has 2 atom stereocenters. The molecule has 1 aliphatic rings. The molecule has 0 radical (unpaired) electrons. The number of ether oxygens (including phenoxy) is 2. The van der Waals surface area contributed by atoms with E-state index in [0.717, 1.165) is 37.7 Å². The van der Waals surface area contributed by atoms with Gasteiger partial charge in [0.1, 0.15) is 18.1 Å². The van der Waals surface area contributed by atoms with Gasteiger partial charge in [-0.05, 0) is 63.4 Å². The predicted octanol–water partition coefficient (Wildman–Crippen LogP) is 2.52. The van der Waals surface area contributed by atoms with Crippen LogP contribution in [0.15, 0.2) is 24.3 Å². The number of likely N-dealkylation sites (tertiary alicyclic amines) is 1. The van der Waals surface area contributed by atoms with Crippen molar-refractivity contribution in [3.8, 4) is 11.5 Å². The summed E-state index contributed by atoms with van der Waals surface area (Å²) >= 11 is 0. The van der Waals surface area contributed by atoms with Gasteiger partial charge >= 0.3 is 0 Å². The summed E-state index contributed by atoms with van der Waals surface area (Å²) in [5, 5.41) is 0. The van der Waals surface area contributed by atoms with Crippen molar-refractivity contribution in [1.29, 1.82) is 0 Å². The first kappa shape index (κ1) is 16.1. The van der Waals surface area contributed by atoms with Crippen molar-refractivity contribution >= 4 is 0 Å². The smallest absolute Gasteiger partial charge is 0.119 e. The van der Waals surface area contributed by atoms with Crippen LogP contribution < -0.4 is 15.2 Å². The molecule has 4 nitrogen and oxygen atoms in total. The van der Waals surface area contributed by atoms with Gasteiger partial charge in [-0.25, -0.2) is 0 Å². The predicted molar refractivity (Wildman–Crippen MR) is 85.9 cm³/mol. The van der Waals surface area contributed by atoms with Crippen LogP contribution in [0.3, 0.4) is 0 Å². The number of benzene rings is 1. The van der Waals surface area contributed by atoms with Gasteiger partial charge in [-0.15, -0.1) is 0 Å². The van der Waals surface area contributed by atoms with Gasteiger partial charge in [0.25, 0.3) is 0 Å². The van der Waals surface area contributed by atoms with Crippen molar-refractivity contribution in [1.82, 2.24) is 4.90 Å². The Labute approximate surface area is 128 Å². The lowest BCUT2D eigenvalue weighted by atomic mass is 9.94. The third-order valence-electron chi connectivity index (χ3n) is 4.22. The zero-order valence-corrected chi connectivity index (χ0v) is 13.3. The zero-order valence-electron chi connectivity index (χ0n) is 13.3. The molecule has 0 aromatic heterocycles.